The minimum absolute atomic E-state index is 0.198. The van der Waals surface area contributed by atoms with E-state index in [2.05, 4.69) is 0 Å². The molecule has 1 heterocycles. The van der Waals surface area contributed by atoms with Gasteiger partial charge in [0.1, 0.15) is 5.78 Å². The summed E-state index contributed by atoms with van der Waals surface area (Å²) in [7, 11) is 0. The number of ketones is 1. The number of Topliss-reactive ketones (excluding diaryl/α,β-unsaturated/α-hetero) is 1. The summed E-state index contributed by atoms with van der Waals surface area (Å²) in [5.74, 6) is 0.591. The zero-order valence-corrected chi connectivity index (χ0v) is 13.3. The maximum Gasteiger partial charge on any atom is 0.171 e. The zero-order valence-electron chi connectivity index (χ0n) is 13.3. The molecule has 21 heavy (non-hydrogen) atoms. The number of carbonyl (C=O) groups excluding carboxylic acids is 1. The van der Waals surface area contributed by atoms with E-state index >= 15 is 0 Å². The van der Waals surface area contributed by atoms with E-state index in [0.29, 0.717) is 24.9 Å². The van der Waals surface area contributed by atoms with E-state index in [1.165, 1.54) is 44.9 Å². The molecule has 120 valence electrons. The predicted octanol–water partition coefficient (Wildman–Crippen LogP) is 4.24. The fourth-order valence-corrected chi connectivity index (χ4v) is 4.59. The maximum atomic E-state index is 12.6. The Labute approximate surface area is 128 Å². The van der Waals surface area contributed by atoms with Gasteiger partial charge in [-0.1, -0.05) is 44.9 Å². The molecule has 3 heteroatoms. The van der Waals surface area contributed by atoms with Crippen LogP contribution in [0.3, 0.4) is 0 Å². The van der Waals surface area contributed by atoms with Gasteiger partial charge in [0, 0.05) is 24.7 Å². The third kappa shape index (κ3) is 3.50. The molecule has 3 rings (SSSR count). The minimum Gasteiger partial charge on any atom is -0.347 e. The molecule has 2 aliphatic carbocycles. The van der Waals surface area contributed by atoms with Gasteiger partial charge in [0.25, 0.3) is 0 Å². The van der Waals surface area contributed by atoms with Gasteiger partial charge in [0.15, 0.2) is 5.79 Å². The predicted molar refractivity (Wildman–Crippen MR) is 82.0 cm³/mol. The number of hydrogen-bond donors (Lipinski definition) is 0. The third-order valence-electron chi connectivity index (χ3n) is 5.73. The summed E-state index contributed by atoms with van der Waals surface area (Å²) in [5, 5.41) is 0. The van der Waals surface area contributed by atoms with Gasteiger partial charge in [-0.2, -0.15) is 0 Å². The van der Waals surface area contributed by atoms with Gasteiger partial charge in [-0.3, -0.25) is 4.79 Å². The normalized spacial score (nSPS) is 35.0. The highest BCUT2D eigenvalue weighted by Gasteiger charge is 2.53. The summed E-state index contributed by atoms with van der Waals surface area (Å²) in [6.07, 6.45) is 14.0. The van der Waals surface area contributed by atoms with Gasteiger partial charge < -0.3 is 9.47 Å². The molecule has 0 radical (unpaired) electrons. The Balaban J connectivity index is 1.69. The number of hydrogen-bond acceptors (Lipinski definition) is 3. The highest BCUT2D eigenvalue weighted by Crippen LogP contribution is 2.49. The summed E-state index contributed by atoms with van der Waals surface area (Å²) >= 11 is 0. The third-order valence-corrected chi connectivity index (χ3v) is 5.73. The summed E-state index contributed by atoms with van der Waals surface area (Å²) in [4.78, 5) is 12.6. The lowest BCUT2D eigenvalue weighted by Crippen LogP contribution is -2.38. The van der Waals surface area contributed by atoms with Crippen molar-refractivity contribution in [2.75, 3.05) is 13.2 Å². The first-order valence-electron chi connectivity index (χ1n) is 9.12. The van der Waals surface area contributed by atoms with Crippen LogP contribution in [-0.2, 0) is 14.3 Å². The van der Waals surface area contributed by atoms with Crippen molar-refractivity contribution in [2.45, 2.75) is 82.8 Å². The van der Waals surface area contributed by atoms with Crippen molar-refractivity contribution in [3.8, 4) is 0 Å². The number of fused-ring (bicyclic) bond motifs is 2. The summed E-state index contributed by atoms with van der Waals surface area (Å²) in [6.45, 7) is 1.41. The van der Waals surface area contributed by atoms with Crippen LogP contribution >= 0.6 is 0 Å². The quantitative estimate of drug-likeness (QED) is 0.670. The van der Waals surface area contributed by atoms with Gasteiger partial charge in [-0.05, 0) is 19.3 Å². The van der Waals surface area contributed by atoms with Crippen molar-refractivity contribution in [1.29, 1.82) is 0 Å². The molecule has 0 aromatic heterocycles. The van der Waals surface area contributed by atoms with Crippen LogP contribution < -0.4 is 0 Å². The lowest BCUT2D eigenvalue weighted by molar-refractivity contribution is -0.188. The largest absolute Gasteiger partial charge is 0.347 e. The lowest BCUT2D eigenvalue weighted by atomic mass is 9.83. The van der Waals surface area contributed by atoms with Crippen LogP contribution in [0.2, 0.25) is 0 Å². The van der Waals surface area contributed by atoms with Crippen molar-refractivity contribution in [2.24, 2.45) is 11.8 Å². The van der Waals surface area contributed by atoms with E-state index in [1.54, 1.807) is 0 Å². The minimum atomic E-state index is -0.402. The smallest absolute Gasteiger partial charge is 0.171 e. The Bertz CT molecular complexity index is 346. The molecule has 3 nitrogen and oxygen atoms in total. The van der Waals surface area contributed by atoms with Crippen LogP contribution in [0, 0.1) is 11.8 Å². The van der Waals surface area contributed by atoms with E-state index in [9.17, 15) is 4.79 Å². The maximum absolute atomic E-state index is 12.6. The first-order chi connectivity index (χ1) is 10.3. The summed E-state index contributed by atoms with van der Waals surface area (Å²) in [5.41, 5.74) is 0. The zero-order chi connectivity index (χ0) is 14.5. The topological polar surface area (TPSA) is 35.5 Å². The Morgan fingerprint density at radius 2 is 1.43 bits per heavy atom. The second-order valence-corrected chi connectivity index (χ2v) is 7.09. The molecule has 3 fully saturated rings. The number of rotatable bonds is 0. The Kier molecular flexibility index (Phi) is 5.33. The fourth-order valence-electron chi connectivity index (χ4n) is 4.59. The van der Waals surface area contributed by atoms with Crippen molar-refractivity contribution < 1.29 is 14.3 Å². The molecule has 1 aliphatic heterocycles. The average Bonchev–Trinajstić information content (AvgIpc) is 3.09. The van der Waals surface area contributed by atoms with Crippen LogP contribution in [0.25, 0.3) is 0 Å². The monoisotopic (exact) mass is 294 g/mol. The van der Waals surface area contributed by atoms with Crippen LogP contribution in [-0.4, -0.2) is 24.8 Å². The highest BCUT2D eigenvalue weighted by molar-refractivity contribution is 5.81. The Morgan fingerprint density at radius 1 is 0.810 bits per heavy atom. The fraction of sp³-hybridized carbons (Fsp3) is 0.944. The average molecular weight is 294 g/mol. The Morgan fingerprint density at radius 3 is 2.14 bits per heavy atom. The van der Waals surface area contributed by atoms with Crippen LogP contribution in [0.5, 0.6) is 0 Å². The standard InChI is InChI=1S/C18H30O3/c19-17-10-8-6-4-2-1-3-5-7-9-16-15(17)11-12-18(16)20-13-14-21-18/h15-16H,1-14H2. The highest BCUT2D eigenvalue weighted by atomic mass is 16.7. The van der Waals surface area contributed by atoms with Crippen LogP contribution in [0.1, 0.15) is 77.0 Å². The molecular weight excluding hydrogens is 264 g/mol. The molecule has 0 bridgehead atoms. The van der Waals surface area contributed by atoms with E-state index in [1.807, 2.05) is 0 Å². The molecule has 0 aromatic carbocycles. The van der Waals surface area contributed by atoms with Crippen LogP contribution in [0.4, 0.5) is 0 Å². The van der Waals surface area contributed by atoms with Gasteiger partial charge >= 0.3 is 0 Å². The number of ether oxygens (including phenoxy) is 2. The first-order valence-corrected chi connectivity index (χ1v) is 9.12. The Hall–Kier alpha value is -0.410. The second-order valence-electron chi connectivity index (χ2n) is 7.09. The van der Waals surface area contributed by atoms with E-state index in [4.69, 9.17) is 9.47 Å². The van der Waals surface area contributed by atoms with E-state index < -0.39 is 5.79 Å². The van der Waals surface area contributed by atoms with Crippen molar-refractivity contribution in [3.05, 3.63) is 0 Å². The van der Waals surface area contributed by atoms with Gasteiger partial charge in [0.2, 0.25) is 0 Å². The molecule has 2 atom stereocenters. The summed E-state index contributed by atoms with van der Waals surface area (Å²) < 4.78 is 12.0. The molecule has 1 spiro atoms. The molecule has 0 aromatic rings. The summed E-state index contributed by atoms with van der Waals surface area (Å²) in [6, 6.07) is 0. The molecule has 1 saturated heterocycles. The number of carbonyl (C=O) groups is 1. The van der Waals surface area contributed by atoms with Gasteiger partial charge in [-0.25, -0.2) is 0 Å². The molecule has 3 aliphatic rings. The molecule has 0 N–H and O–H groups in total. The van der Waals surface area contributed by atoms with Gasteiger partial charge in [0.05, 0.1) is 13.2 Å². The second kappa shape index (κ2) is 7.23. The van der Waals surface area contributed by atoms with Crippen molar-refractivity contribution >= 4 is 5.78 Å². The lowest BCUT2D eigenvalue weighted by Gasteiger charge is -2.32. The van der Waals surface area contributed by atoms with E-state index in [0.717, 1.165) is 32.1 Å². The van der Waals surface area contributed by atoms with Crippen LogP contribution in [0.15, 0.2) is 0 Å². The first kappa shape index (κ1) is 15.5. The molecule has 2 unspecified atom stereocenters. The molecule has 2 saturated carbocycles. The van der Waals surface area contributed by atoms with E-state index in [-0.39, 0.29) is 5.92 Å². The SMILES string of the molecule is O=C1CCCCCCCCCCC2C1CCC21OCCO1. The molecule has 0 amide bonds. The van der Waals surface area contributed by atoms with Crippen molar-refractivity contribution in [3.63, 3.8) is 0 Å². The molecular formula is C18H30O3. The van der Waals surface area contributed by atoms with Crippen molar-refractivity contribution in [1.82, 2.24) is 0 Å². The van der Waals surface area contributed by atoms with Gasteiger partial charge in [-0.15, -0.1) is 0 Å².